The Balaban J connectivity index is 1.54. The van der Waals surface area contributed by atoms with Crippen LogP contribution in [0.2, 0.25) is 5.02 Å². The molecule has 1 aliphatic rings. The zero-order valence-electron chi connectivity index (χ0n) is 13.8. The number of hydrogen-bond donors (Lipinski definition) is 0. The first-order chi connectivity index (χ1) is 11.7. The summed E-state index contributed by atoms with van der Waals surface area (Å²) in [5.41, 5.74) is 3.10. The molecule has 4 heteroatoms. The maximum Gasteiger partial charge on any atom is 0.199 e. The van der Waals surface area contributed by atoms with Gasteiger partial charge in [0.15, 0.2) is 11.5 Å². The van der Waals surface area contributed by atoms with Crippen LogP contribution in [0.25, 0.3) is 11.1 Å². The van der Waals surface area contributed by atoms with Crippen LogP contribution in [0.3, 0.4) is 0 Å². The van der Waals surface area contributed by atoms with Crippen LogP contribution in [0.5, 0.6) is 0 Å². The second-order valence-electron chi connectivity index (χ2n) is 6.58. The van der Waals surface area contributed by atoms with Crippen LogP contribution in [0.1, 0.15) is 43.2 Å². The van der Waals surface area contributed by atoms with E-state index in [0.29, 0.717) is 12.0 Å². The first-order valence-electron chi connectivity index (χ1n) is 8.56. The fourth-order valence-electron chi connectivity index (χ4n) is 3.60. The monoisotopic (exact) mass is 340 g/mol. The third-order valence-electron chi connectivity index (χ3n) is 4.99. The van der Waals surface area contributed by atoms with Gasteiger partial charge in [-0.2, -0.15) is 0 Å². The van der Waals surface area contributed by atoms with Crippen LogP contribution < -0.4 is 0 Å². The van der Waals surface area contributed by atoms with Gasteiger partial charge in [0.25, 0.3) is 0 Å². The highest BCUT2D eigenvalue weighted by atomic mass is 35.5. The Morgan fingerprint density at radius 2 is 2.08 bits per heavy atom. The van der Waals surface area contributed by atoms with Crippen molar-refractivity contribution in [1.82, 2.24) is 9.88 Å². The first-order valence-corrected chi connectivity index (χ1v) is 8.93. The molecular formula is C20H21ClN2O. The lowest BCUT2D eigenvalue weighted by atomic mass is 9.95. The van der Waals surface area contributed by atoms with E-state index in [4.69, 9.17) is 21.0 Å². The topological polar surface area (TPSA) is 29.3 Å². The lowest BCUT2D eigenvalue weighted by Crippen LogP contribution is -2.36. The van der Waals surface area contributed by atoms with Crippen molar-refractivity contribution in [1.29, 1.82) is 0 Å². The minimum atomic E-state index is 0.343. The third kappa shape index (κ3) is 3.06. The minimum Gasteiger partial charge on any atom is -0.440 e. The molecule has 2 atom stereocenters. The normalized spacial score (nSPS) is 20.3. The number of halogens is 1. The molecule has 0 saturated carbocycles. The molecule has 4 rings (SSSR count). The molecule has 0 aliphatic carbocycles. The Bertz CT molecular complexity index is 811. The molecule has 0 amide bonds. The number of nitrogens with zero attached hydrogens (tertiary/aromatic N) is 2. The van der Waals surface area contributed by atoms with Gasteiger partial charge in [-0.3, -0.25) is 4.90 Å². The molecule has 0 bridgehead atoms. The first kappa shape index (κ1) is 15.7. The number of piperidine rings is 1. The van der Waals surface area contributed by atoms with Crippen molar-refractivity contribution < 1.29 is 4.42 Å². The lowest BCUT2D eigenvalue weighted by Gasteiger charge is -2.36. The highest BCUT2D eigenvalue weighted by Crippen LogP contribution is 2.33. The molecule has 1 fully saturated rings. The van der Waals surface area contributed by atoms with Gasteiger partial charge >= 0.3 is 0 Å². The van der Waals surface area contributed by atoms with Crippen LogP contribution in [0, 0.1) is 0 Å². The quantitative estimate of drug-likeness (QED) is 0.637. The zero-order valence-corrected chi connectivity index (χ0v) is 14.5. The second-order valence-corrected chi connectivity index (χ2v) is 7.02. The van der Waals surface area contributed by atoms with Crippen molar-refractivity contribution in [3.63, 3.8) is 0 Å². The highest BCUT2D eigenvalue weighted by Gasteiger charge is 2.28. The van der Waals surface area contributed by atoms with E-state index in [9.17, 15) is 0 Å². The standard InChI is InChI=1S/C20H21ClN2O/c1-14(15-6-4-8-17(21)12-15)23-11-5-7-16(13-23)20-22-18-9-2-3-10-19(18)24-20/h2-4,6,8-10,12,14,16H,5,7,11,13H2,1H3. The summed E-state index contributed by atoms with van der Waals surface area (Å²) in [5.74, 6) is 1.23. The molecule has 0 N–H and O–H groups in total. The molecular weight excluding hydrogens is 320 g/mol. The Kier molecular flexibility index (Phi) is 4.30. The lowest BCUT2D eigenvalue weighted by molar-refractivity contribution is 0.149. The number of oxazole rings is 1. The van der Waals surface area contributed by atoms with E-state index in [2.05, 4.69) is 24.0 Å². The van der Waals surface area contributed by atoms with Gasteiger partial charge in [-0.25, -0.2) is 4.98 Å². The van der Waals surface area contributed by atoms with Crippen molar-refractivity contribution in [2.75, 3.05) is 13.1 Å². The SMILES string of the molecule is CC(c1cccc(Cl)c1)N1CCCC(c2nc3ccccc3o2)C1. The molecule has 1 aliphatic heterocycles. The summed E-state index contributed by atoms with van der Waals surface area (Å²) in [7, 11) is 0. The van der Waals surface area contributed by atoms with Crippen LogP contribution in [0.4, 0.5) is 0 Å². The summed E-state index contributed by atoms with van der Waals surface area (Å²) in [6.45, 7) is 4.32. The molecule has 0 radical (unpaired) electrons. The van der Waals surface area contributed by atoms with Crippen LogP contribution in [0.15, 0.2) is 52.9 Å². The Labute approximate surface area is 147 Å². The number of benzene rings is 2. The fourth-order valence-corrected chi connectivity index (χ4v) is 3.80. The maximum atomic E-state index is 6.15. The Morgan fingerprint density at radius 1 is 1.21 bits per heavy atom. The van der Waals surface area contributed by atoms with Crippen LogP contribution in [-0.2, 0) is 0 Å². The predicted octanol–water partition coefficient (Wildman–Crippen LogP) is 5.42. The largest absolute Gasteiger partial charge is 0.440 e. The molecule has 3 aromatic rings. The second kappa shape index (κ2) is 6.58. The van der Waals surface area contributed by atoms with Crippen LogP contribution >= 0.6 is 11.6 Å². The molecule has 24 heavy (non-hydrogen) atoms. The Morgan fingerprint density at radius 3 is 2.92 bits per heavy atom. The number of rotatable bonds is 3. The Hall–Kier alpha value is -1.84. The summed E-state index contributed by atoms with van der Waals surface area (Å²) in [4.78, 5) is 7.21. The number of hydrogen-bond acceptors (Lipinski definition) is 3. The van der Waals surface area contributed by atoms with Crippen molar-refractivity contribution in [2.24, 2.45) is 0 Å². The fraction of sp³-hybridized carbons (Fsp3) is 0.350. The number of likely N-dealkylation sites (tertiary alicyclic amines) is 1. The van der Waals surface area contributed by atoms with E-state index in [1.54, 1.807) is 0 Å². The molecule has 124 valence electrons. The van der Waals surface area contributed by atoms with Gasteiger partial charge in [0.2, 0.25) is 0 Å². The summed E-state index contributed by atoms with van der Waals surface area (Å²) in [6.07, 6.45) is 2.29. The van der Waals surface area contributed by atoms with Gasteiger partial charge < -0.3 is 4.42 Å². The highest BCUT2D eigenvalue weighted by molar-refractivity contribution is 6.30. The van der Waals surface area contributed by atoms with E-state index in [-0.39, 0.29) is 0 Å². The number of fused-ring (bicyclic) bond motifs is 1. The molecule has 1 saturated heterocycles. The van der Waals surface area contributed by atoms with Gasteiger partial charge in [-0.05, 0) is 56.1 Å². The number of aromatic nitrogens is 1. The van der Waals surface area contributed by atoms with Gasteiger partial charge in [0.05, 0.1) is 0 Å². The van der Waals surface area contributed by atoms with Crippen molar-refractivity contribution in [3.05, 3.63) is 65.0 Å². The molecule has 2 aromatic carbocycles. The average Bonchev–Trinajstić information content (AvgIpc) is 3.05. The van der Waals surface area contributed by atoms with E-state index in [1.807, 2.05) is 36.4 Å². The maximum absolute atomic E-state index is 6.15. The molecule has 0 spiro atoms. The predicted molar refractivity (Wildman–Crippen MR) is 97.4 cm³/mol. The van der Waals surface area contributed by atoms with Crippen LogP contribution in [-0.4, -0.2) is 23.0 Å². The van der Waals surface area contributed by atoms with E-state index in [0.717, 1.165) is 47.9 Å². The van der Waals surface area contributed by atoms with E-state index >= 15 is 0 Å². The molecule has 2 heterocycles. The van der Waals surface area contributed by atoms with Gasteiger partial charge in [0.1, 0.15) is 5.52 Å². The van der Waals surface area contributed by atoms with Crippen molar-refractivity contribution >= 4 is 22.7 Å². The third-order valence-corrected chi connectivity index (χ3v) is 5.23. The summed E-state index contributed by atoms with van der Waals surface area (Å²) in [6, 6.07) is 16.5. The van der Waals surface area contributed by atoms with Gasteiger partial charge in [-0.1, -0.05) is 35.9 Å². The van der Waals surface area contributed by atoms with Gasteiger partial charge in [0, 0.05) is 23.5 Å². The van der Waals surface area contributed by atoms with Crippen molar-refractivity contribution in [3.8, 4) is 0 Å². The van der Waals surface area contributed by atoms with E-state index in [1.165, 1.54) is 5.56 Å². The molecule has 1 aromatic heterocycles. The van der Waals surface area contributed by atoms with E-state index < -0.39 is 0 Å². The molecule has 3 nitrogen and oxygen atoms in total. The number of para-hydroxylation sites is 2. The molecule has 2 unspecified atom stereocenters. The van der Waals surface area contributed by atoms with Crippen molar-refractivity contribution in [2.45, 2.75) is 31.7 Å². The summed E-state index contributed by atoms with van der Waals surface area (Å²) in [5, 5.41) is 0.798. The van der Waals surface area contributed by atoms with Gasteiger partial charge in [-0.15, -0.1) is 0 Å². The summed E-state index contributed by atoms with van der Waals surface area (Å²) >= 11 is 6.15. The summed E-state index contributed by atoms with van der Waals surface area (Å²) < 4.78 is 6.00. The average molecular weight is 341 g/mol. The minimum absolute atomic E-state index is 0.343. The zero-order chi connectivity index (χ0) is 16.5. The smallest absolute Gasteiger partial charge is 0.199 e.